The minimum Gasteiger partial charge on any atom is -0.444 e. The Bertz CT molecular complexity index is 764. The largest absolute Gasteiger partial charge is 0.444 e. The molecule has 2 N–H and O–H groups in total. The average molecular weight is 480 g/mol. The first-order valence-electron chi connectivity index (χ1n) is 10.1. The van der Waals surface area contributed by atoms with Gasteiger partial charge in [-0.25, -0.2) is 4.79 Å². The van der Waals surface area contributed by atoms with Gasteiger partial charge >= 0.3 is 6.09 Å². The van der Waals surface area contributed by atoms with Crippen molar-refractivity contribution >= 4 is 39.9 Å². The molecule has 0 aliphatic carbocycles. The number of alkyl carbamates (subject to hydrolysis) is 1. The summed E-state index contributed by atoms with van der Waals surface area (Å²) in [7, 11) is 0. The number of carbonyl (C=O) groups is 3. The van der Waals surface area contributed by atoms with Crippen LogP contribution in [-0.4, -0.2) is 54.6 Å². The van der Waals surface area contributed by atoms with Crippen molar-refractivity contribution < 1.29 is 19.1 Å². The Morgan fingerprint density at radius 1 is 1.13 bits per heavy atom. The monoisotopic (exact) mass is 479 g/mol. The van der Waals surface area contributed by atoms with E-state index in [0.29, 0.717) is 25.6 Å². The number of benzene rings is 1. The van der Waals surface area contributed by atoms with Crippen LogP contribution in [0.15, 0.2) is 34.8 Å². The van der Waals surface area contributed by atoms with Crippen LogP contribution in [0, 0.1) is 5.92 Å². The number of rotatable bonds is 6. The molecule has 0 spiro atoms. The predicted molar refractivity (Wildman–Crippen MR) is 120 cm³/mol. The minimum atomic E-state index is -0.610. The SMILES string of the molecule is CC(C)(C)OC(=O)NCC(=O)NCC1CCN(C(=O)/C=C/c2ccc(Br)cc2)CC1. The third-order valence-electron chi connectivity index (χ3n) is 4.59. The molecule has 1 aliphatic heterocycles. The molecule has 1 heterocycles. The fourth-order valence-corrected chi connectivity index (χ4v) is 3.26. The molecule has 30 heavy (non-hydrogen) atoms. The molecular formula is C22H30BrN3O4. The lowest BCUT2D eigenvalue weighted by molar-refractivity contribution is -0.127. The summed E-state index contributed by atoms with van der Waals surface area (Å²) in [4.78, 5) is 37.7. The Morgan fingerprint density at radius 2 is 1.77 bits per heavy atom. The molecule has 0 atom stereocenters. The summed E-state index contributed by atoms with van der Waals surface area (Å²) in [6.07, 6.45) is 4.47. The third-order valence-corrected chi connectivity index (χ3v) is 5.12. The zero-order valence-corrected chi connectivity index (χ0v) is 19.3. The zero-order chi connectivity index (χ0) is 22.1. The number of ether oxygens (including phenoxy) is 1. The van der Waals surface area contributed by atoms with Gasteiger partial charge in [0, 0.05) is 30.2 Å². The number of hydrogen-bond donors (Lipinski definition) is 2. The smallest absolute Gasteiger partial charge is 0.408 e. The van der Waals surface area contributed by atoms with Crippen LogP contribution in [0.4, 0.5) is 4.79 Å². The molecule has 2 rings (SSSR count). The number of halogens is 1. The van der Waals surface area contributed by atoms with E-state index < -0.39 is 11.7 Å². The highest BCUT2D eigenvalue weighted by molar-refractivity contribution is 9.10. The van der Waals surface area contributed by atoms with Crippen molar-refractivity contribution in [2.75, 3.05) is 26.2 Å². The maximum atomic E-state index is 12.4. The molecule has 1 aliphatic rings. The van der Waals surface area contributed by atoms with Crippen molar-refractivity contribution in [2.45, 2.75) is 39.2 Å². The van der Waals surface area contributed by atoms with Crippen LogP contribution in [-0.2, 0) is 14.3 Å². The van der Waals surface area contributed by atoms with E-state index in [-0.39, 0.29) is 18.4 Å². The van der Waals surface area contributed by atoms with Crippen molar-refractivity contribution in [3.63, 3.8) is 0 Å². The molecule has 1 aromatic carbocycles. The van der Waals surface area contributed by atoms with Crippen LogP contribution in [0.25, 0.3) is 6.08 Å². The maximum absolute atomic E-state index is 12.4. The first-order chi connectivity index (χ1) is 14.1. The number of carbonyl (C=O) groups excluding carboxylic acids is 3. The van der Waals surface area contributed by atoms with Crippen molar-refractivity contribution in [1.82, 2.24) is 15.5 Å². The Morgan fingerprint density at radius 3 is 2.37 bits per heavy atom. The normalized spacial score (nSPS) is 15.1. The van der Waals surface area contributed by atoms with Crippen molar-refractivity contribution in [2.24, 2.45) is 5.92 Å². The molecule has 0 unspecified atom stereocenters. The number of amides is 3. The highest BCUT2D eigenvalue weighted by Crippen LogP contribution is 2.17. The van der Waals surface area contributed by atoms with E-state index in [2.05, 4.69) is 26.6 Å². The average Bonchev–Trinajstić information content (AvgIpc) is 2.69. The second-order valence-electron chi connectivity index (χ2n) is 8.31. The third kappa shape index (κ3) is 8.98. The first kappa shape index (κ1) is 23.9. The summed E-state index contributed by atoms with van der Waals surface area (Å²) in [6, 6.07) is 7.76. The lowest BCUT2D eigenvalue weighted by Crippen LogP contribution is -2.43. The molecule has 1 fully saturated rings. The fourth-order valence-electron chi connectivity index (χ4n) is 2.99. The fraction of sp³-hybridized carbons (Fsp3) is 0.500. The summed E-state index contributed by atoms with van der Waals surface area (Å²) in [5.41, 5.74) is 0.378. The van der Waals surface area contributed by atoms with E-state index in [1.807, 2.05) is 35.2 Å². The second kappa shape index (κ2) is 11.2. The number of nitrogens with one attached hydrogen (secondary N) is 2. The van der Waals surface area contributed by atoms with Gasteiger partial charge in [-0.15, -0.1) is 0 Å². The molecule has 0 aromatic heterocycles. The van der Waals surface area contributed by atoms with E-state index in [9.17, 15) is 14.4 Å². The molecule has 0 saturated carbocycles. The summed E-state index contributed by atoms with van der Waals surface area (Å²) < 4.78 is 6.10. The van der Waals surface area contributed by atoms with Crippen LogP contribution in [0.5, 0.6) is 0 Å². The van der Waals surface area contributed by atoms with Gasteiger partial charge in [0.1, 0.15) is 5.60 Å². The van der Waals surface area contributed by atoms with E-state index >= 15 is 0 Å². The number of hydrogen-bond acceptors (Lipinski definition) is 4. The van der Waals surface area contributed by atoms with Crippen molar-refractivity contribution in [3.05, 3.63) is 40.4 Å². The number of nitrogens with zero attached hydrogens (tertiary/aromatic N) is 1. The van der Waals surface area contributed by atoms with Crippen LogP contribution in [0.1, 0.15) is 39.2 Å². The van der Waals surface area contributed by atoms with Gasteiger partial charge < -0.3 is 20.3 Å². The van der Waals surface area contributed by atoms with Gasteiger partial charge in [-0.2, -0.15) is 0 Å². The molecule has 1 aromatic rings. The Labute approximate surface area is 186 Å². The van der Waals surface area contributed by atoms with Crippen LogP contribution in [0.3, 0.4) is 0 Å². The van der Waals surface area contributed by atoms with Gasteiger partial charge in [0.15, 0.2) is 0 Å². The highest BCUT2D eigenvalue weighted by Gasteiger charge is 2.22. The zero-order valence-electron chi connectivity index (χ0n) is 17.7. The maximum Gasteiger partial charge on any atom is 0.408 e. The van der Waals surface area contributed by atoms with Gasteiger partial charge in [0.05, 0.1) is 6.54 Å². The predicted octanol–water partition coefficient (Wildman–Crippen LogP) is 3.34. The topological polar surface area (TPSA) is 87.7 Å². The van der Waals surface area contributed by atoms with Crippen molar-refractivity contribution in [3.8, 4) is 0 Å². The molecule has 164 valence electrons. The van der Waals surface area contributed by atoms with E-state index in [1.165, 1.54) is 0 Å². The first-order valence-corrected chi connectivity index (χ1v) is 10.9. The molecular weight excluding hydrogens is 450 g/mol. The van der Waals surface area contributed by atoms with E-state index in [4.69, 9.17) is 4.74 Å². The van der Waals surface area contributed by atoms with Crippen LogP contribution in [0.2, 0.25) is 0 Å². The minimum absolute atomic E-state index is 0.00182. The lowest BCUT2D eigenvalue weighted by Gasteiger charge is -2.31. The van der Waals surface area contributed by atoms with Crippen molar-refractivity contribution in [1.29, 1.82) is 0 Å². The van der Waals surface area contributed by atoms with Gasteiger partial charge in [-0.3, -0.25) is 9.59 Å². The molecule has 7 nitrogen and oxygen atoms in total. The highest BCUT2D eigenvalue weighted by atomic mass is 79.9. The number of likely N-dealkylation sites (tertiary alicyclic amines) is 1. The molecule has 3 amide bonds. The summed E-state index contributed by atoms with van der Waals surface area (Å²) >= 11 is 3.39. The standard InChI is InChI=1S/C22H30BrN3O4/c1-22(2,3)30-21(29)25-15-19(27)24-14-17-10-12-26(13-11-17)20(28)9-6-16-4-7-18(23)8-5-16/h4-9,17H,10-15H2,1-3H3,(H,24,27)(H,25,29)/b9-6+. The lowest BCUT2D eigenvalue weighted by atomic mass is 9.96. The van der Waals surface area contributed by atoms with Gasteiger partial charge in [-0.05, 0) is 63.3 Å². The number of piperidine rings is 1. The van der Waals surface area contributed by atoms with Crippen LogP contribution >= 0.6 is 15.9 Å². The summed E-state index contributed by atoms with van der Waals surface area (Å²) in [5.74, 6) is 0.0636. The van der Waals surface area contributed by atoms with Crippen LogP contribution < -0.4 is 10.6 Å². The molecule has 8 heteroatoms. The second-order valence-corrected chi connectivity index (χ2v) is 9.23. The van der Waals surface area contributed by atoms with E-state index in [1.54, 1.807) is 26.8 Å². The molecule has 1 saturated heterocycles. The summed E-state index contributed by atoms with van der Waals surface area (Å²) in [6.45, 7) is 7.04. The van der Waals surface area contributed by atoms with E-state index in [0.717, 1.165) is 22.9 Å². The Hall–Kier alpha value is -2.35. The van der Waals surface area contributed by atoms with Gasteiger partial charge in [-0.1, -0.05) is 28.1 Å². The Kier molecular flexibility index (Phi) is 8.89. The van der Waals surface area contributed by atoms with Gasteiger partial charge in [0.25, 0.3) is 0 Å². The Balaban J connectivity index is 1.65. The van der Waals surface area contributed by atoms with Gasteiger partial charge in [0.2, 0.25) is 11.8 Å². The quantitative estimate of drug-likeness (QED) is 0.612. The summed E-state index contributed by atoms with van der Waals surface area (Å²) in [5, 5.41) is 5.28. The molecule has 0 radical (unpaired) electrons. The molecule has 0 bridgehead atoms.